The zero-order valence-electron chi connectivity index (χ0n) is 14.4. The van der Waals surface area contributed by atoms with Crippen molar-refractivity contribution in [1.82, 2.24) is 0 Å². The Balaban J connectivity index is 4.22. The first-order chi connectivity index (χ1) is 10.8. The molecule has 134 valence electrons. The van der Waals surface area contributed by atoms with E-state index in [1.54, 1.807) is 20.8 Å². The van der Waals surface area contributed by atoms with Gasteiger partial charge in [0.15, 0.2) is 5.78 Å². The van der Waals surface area contributed by atoms with Crippen LogP contribution < -0.4 is 0 Å². The summed E-state index contributed by atoms with van der Waals surface area (Å²) in [5, 5.41) is 8.55. The molecule has 1 unspecified atom stereocenters. The number of aliphatic hydroxyl groups excluding tert-OH is 1. The third-order valence-corrected chi connectivity index (χ3v) is 3.39. The molecular weight excluding hydrogens is 304 g/mol. The second-order valence-electron chi connectivity index (χ2n) is 5.62. The molecule has 1 atom stereocenters. The van der Waals surface area contributed by atoms with Gasteiger partial charge in [-0.05, 0) is 13.3 Å². The molecule has 0 saturated heterocycles. The highest BCUT2D eigenvalue weighted by atomic mass is 16.6. The van der Waals surface area contributed by atoms with Crippen molar-refractivity contribution in [2.45, 2.75) is 52.6 Å². The Bertz CT molecular complexity index is 392. The predicted molar refractivity (Wildman–Crippen MR) is 82.7 cm³/mol. The summed E-state index contributed by atoms with van der Waals surface area (Å²) >= 11 is 0. The zero-order valence-corrected chi connectivity index (χ0v) is 14.4. The molecule has 7 heteroatoms. The van der Waals surface area contributed by atoms with Crippen molar-refractivity contribution >= 4 is 17.7 Å². The van der Waals surface area contributed by atoms with E-state index in [1.807, 2.05) is 6.92 Å². The Morgan fingerprint density at radius 2 is 1.70 bits per heavy atom. The number of ketones is 1. The van der Waals surface area contributed by atoms with Crippen LogP contribution in [0, 0.1) is 5.92 Å². The van der Waals surface area contributed by atoms with E-state index in [0.717, 1.165) is 0 Å². The van der Waals surface area contributed by atoms with E-state index in [1.165, 1.54) is 0 Å². The molecule has 0 aliphatic carbocycles. The molecule has 0 aromatic rings. The van der Waals surface area contributed by atoms with Gasteiger partial charge in [-0.3, -0.25) is 14.4 Å². The topological polar surface area (TPSA) is 99.1 Å². The number of rotatable bonds is 12. The number of carbonyl (C=O) groups is 3. The van der Waals surface area contributed by atoms with Crippen LogP contribution in [0.15, 0.2) is 0 Å². The maximum Gasteiger partial charge on any atom is 0.308 e. The van der Waals surface area contributed by atoms with Gasteiger partial charge in [-0.15, -0.1) is 0 Å². The van der Waals surface area contributed by atoms with Crippen LogP contribution in [0.5, 0.6) is 0 Å². The van der Waals surface area contributed by atoms with Crippen LogP contribution in [0.25, 0.3) is 0 Å². The Kier molecular flexibility index (Phi) is 10.4. The van der Waals surface area contributed by atoms with Crippen LogP contribution in [0.4, 0.5) is 0 Å². The van der Waals surface area contributed by atoms with E-state index < -0.39 is 11.6 Å². The molecule has 0 amide bonds. The summed E-state index contributed by atoms with van der Waals surface area (Å²) in [5.41, 5.74) is -1.03. The molecule has 1 N–H and O–H groups in total. The van der Waals surface area contributed by atoms with Gasteiger partial charge in [-0.1, -0.05) is 20.8 Å². The van der Waals surface area contributed by atoms with E-state index in [9.17, 15) is 14.4 Å². The third kappa shape index (κ3) is 8.66. The maximum absolute atomic E-state index is 12.2. The summed E-state index contributed by atoms with van der Waals surface area (Å²) in [6.45, 7) is 6.81. The molecule has 0 aromatic carbocycles. The number of hydrogen-bond donors (Lipinski definition) is 1. The normalized spacial score (nSPS) is 13.5. The van der Waals surface area contributed by atoms with Crippen molar-refractivity contribution in [2.75, 3.05) is 26.4 Å². The molecule has 7 nitrogen and oxygen atoms in total. The van der Waals surface area contributed by atoms with Gasteiger partial charge in [0.2, 0.25) is 0 Å². The summed E-state index contributed by atoms with van der Waals surface area (Å²) in [4.78, 5) is 34.9. The quantitative estimate of drug-likeness (QED) is 0.424. The first-order valence-corrected chi connectivity index (χ1v) is 7.87. The number of ether oxygens (including phenoxy) is 3. The summed E-state index contributed by atoms with van der Waals surface area (Å²) in [5.74, 6) is -1.27. The fourth-order valence-corrected chi connectivity index (χ4v) is 1.67. The molecular formula is C16H28O7. The van der Waals surface area contributed by atoms with E-state index >= 15 is 0 Å². The summed E-state index contributed by atoms with van der Waals surface area (Å²) in [7, 11) is 0. The summed E-state index contributed by atoms with van der Waals surface area (Å²) in [6, 6.07) is 0. The molecule has 0 bridgehead atoms. The Hall–Kier alpha value is -1.47. The van der Waals surface area contributed by atoms with Crippen LogP contribution >= 0.6 is 0 Å². The number of Topliss-reactive ketones (excluding diaryl/α,β-unsaturated/α-hetero) is 1. The van der Waals surface area contributed by atoms with Gasteiger partial charge < -0.3 is 19.3 Å². The van der Waals surface area contributed by atoms with Crippen molar-refractivity contribution in [1.29, 1.82) is 0 Å². The van der Waals surface area contributed by atoms with Crippen molar-refractivity contribution in [2.24, 2.45) is 5.92 Å². The van der Waals surface area contributed by atoms with Gasteiger partial charge in [0.05, 0.1) is 25.6 Å². The van der Waals surface area contributed by atoms with Gasteiger partial charge in [0.25, 0.3) is 0 Å². The third-order valence-electron chi connectivity index (χ3n) is 3.39. The van der Waals surface area contributed by atoms with Gasteiger partial charge in [-0.2, -0.15) is 0 Å². The van der Waals surface area contributed by atoms with Crippen LogP contribution in [0.2, 0.25) is 0 Å². The van der Waals surface area contributed by atoms with Crippen molar-refractivity contribution in [3.63, 3.8) is 0 Å². The van der Waals surface area contributed by atoms with Crippen molar-refractivity contribution in [3.8, 4) is 0 Å². The summed E-state index contributed by atoms with van der Waals surface area (Å²) in [6.07, 6.45) is 0.385. The first kappa shape index (κ1) is 21.5. The molecule has 0 aliphatic rings. The Labute approximate surface area is 137 Å². The van der Waals surface area contributed by atoms with Crippen LogP contribution in [-0.2, 0) is 28.6 Å². The highest BCUT2D eigenvalue weighted by Gasteiger charge is 2.32. The maximum atomic E-state index is 12.2. The Morgan fingerprint density at radius 3 is 2.22 bits per heavy atom. The van der Waals surface area contributed by atoms with Gasteiger partial charge in [0, 0.05) is 6.42 Å². The highest BCUT2D eigenvalue weighted by molar-refractivity contribution is 5.89. The molecule has 0 aromatic heterocycles. The fourth-order valence-electron chi connectivity index (χ4n) is 1.67. The molecule has 0 aliphatic heterocycles. The fraction of sp³-hybridized carbons (Fsp3) is 0.812. The van der Waals surface area contributed by atoms with E-state index in [-0.39, 0.29) is 56.9 Å². The van der Waals surface area contributed by atoms with Crippen LogP contribution in [-0.4, -0.2) is 54.9 Å². The van der Waals surface area contributed by atoms with Crippen LogP contribution in [0.3, 0.4) is 0 Å². The van der Waals surface area contributed by atoms with E-state index in [0.29, 0.717) is 6.42 Å². The van der Waals surface area contributed by atoms with E-state index in [2.05, 4.69) is 0 Å². The minimum atomic E-state index is -1.03. The minimum Gasteiger partial charge on any atom is -0.463 e. The lowest BCUT2D eigenvalue weighted by atomic mass is 9.94. The Morgan fingerprint density at radius 1 is 1.04 bits per heavy atom. The van der Waals surface area contributed by atoms with Gasteiger partial charge in [0.1, 0.15) is 18.8 Å². The molecule has 0 heterocycles. The molecule has 0 radical (unpaired) electrons. The number of esters is 2. The highest BCUT2D eigenvalue weighted by Crippen LogP contribution is 2.19. The summed E-state index contributed by atoms with van der Waals surface area (Å²) < 4.78 is 15.3. The lowest BCUT2D eigenvalue weighted by molar-refractivity contribution is -0.156. The second-order valence-corrected chi connectivity index (χ2v) is 5.62. The predicted octanol–water partition coefficient (Wildman–Crippen LogP) is 1.26. The number of hydrogen-bond acceptors (Lipinski definition) is 7. The average molecular weight is 332 g/mol. The average Bonchev–Trinajstić information content (AvgIpc) is 2.53. The van der Waals surface area contributed by atoms with Crippen molar-refractivity contribution in [3.05, 3.63) is 0 Å². The van der Waals surface area contributed by atoms with Gasteiger partial charge >= 0.3 is 11.9 Å². The lowest BCUT2D eigenvalue weighted by Crippen LogP contribution is -2.39. The zero-order chi connectivity index (χ0) is 17.9. The molecule has 0 fully saturated rings. The lowest BCUT2D eigenvalue weighted by Gasteiger charge is -2.27. The van der Waals surface area contributed by atoms with Crippen LogP contribution in [0.1, 0.15) is 47.0 Å². The minimum absolute atomic E-state index is 0.000381. The molecule has 0 spiro atoms. The molecule has 0 saturated carbocycles. The number of aliphatic hydroxyl groups is 1. The second kappa shape index (κ2) is 11.1. The van der Waals surface area contributed by atoms with E-state index in [4.69, 9.17) is 19.3 Å². The largest absolute Gasteiger partial charge is 0.463 e. The van der Waals surface area contributed by atoms with Gasteiger partial charge in [-0.25, -0.2) is 0 Å². The van der Waals surface area contributed by atoms with Crippen molar-refractivity contribution < 1.29 is 33.7 Å². The number of carbonyl (C=O) groups excluding carboxylic acids is 3. The smallest absolute Gasteiger partial charge is 0.308 e. The SMILES string of the molecule is CCC(C)(OCCOC(=O)C(C)C)C(=O)CCC(=O)OCCO. The monoisotopic (exact) mass is 332 g/mol. The standard InChI is InChI=1S/C16H28O7/c1-5-16(4,23-11-10-22-15(20)12(2)3)13(18)6-7-14(19)21-9-8-17/h12,17H,5-11H2,1-4H3. The molecule has 0 rings (SSSR count). The molecule has 23 heavy (non-hydrogen) atoms. The first-order valence-electron chi connectivity index (χ1n) is 7.87.